The summed E-state index contributed by atoms with van der Waals surface area (Å²) in [5.41, 5.74) is 1.14. The number of aromatic nitrogens is 1. The van der Waals surface area contributed by atoms with Gasteiger partial charge in [-0.25, -0.2) is 0 Å². The molecule has 3 rings (SSSR count). The standard InChI is InChI=1S/C16H20N2O3/c1-2-20-15-11-17-7-3-5-13(17)10-18(12-15)16(19)9-14-6-4-8-21-14/h3-8,15H,2,9-12H2,1H3/t15-/m1/s1. The van der Waals surface area contributed by atoms with E-state index in [1.807, 2.05) is 30.2 Å². The van der Waals surface area contributed by atoms with Crippen molar-refractivity contribution in [3.05, 3.63) is 48.2 Å². The summed E-state index contributed by atoms with van der Waals surface area (Å²) in [7, 11) is 0. The van der Waals surface area contributed by atoms with E-state index in [2.05, 4.69) is 10.6 Å². The molecule has 5 heteroatoms. The highest BCUT2D eigenvalue weighted by Gasteiger charge is 2.25. The van der Waals surface area contributed by atoms with Crippen LogP contribution >= 0.6 is 0 Å². The second-order valence-corrected chi connectivity index (χ2v) is 5.26. The third-order valence-corrected chi connectivity index (χ3v) is 3.76. The molecule has 0 spiro atoms. The molecular weight excluding hydrogens is 268 g/mol. The average molecular weight is 288 g/mol. The SMILES string of the molecule is CCO[C@H]1CN(C(=O)Cc2ccco2)Cc2cccn2C1. The second kappa shape index (κ2) is 6.18. The van der Waals surface area contributed by atoms with Crippen molar-refractivity contribution in [2.75, 3.05) is 13.2 Å². The number of nitrogens with zero attached hydrogens (tertiary/aromatic N) is 2. The summed E-state index contributed by atoms with van der Waals surface area (Å²) in [6.07, 6.45) is 3.97. The molecule has 0 unspecified atom stereocenters. The first-order valence-corrected chi connectivity index (χ1v) is 7.32. The largest absolute Gasteiger partial charge is 0.469 e. The second-order valence-electron chi connectivity index (χ2n) is 5.26. The number of hydrogen-bond donors (Lipinski definition) is 0. The van der Waals surface area contributed by atoms with E-state index in [9.17, 15) is 4.79 Å². The zero-order valence-corrected chi connectivity index (χ0v) is 12.2. The van der Waals surface area contributed by atoms with Gasteiger partial charge in [-0.15, -0.1) is 0 Å². The van der Waals surface area contributed by atoms with Crippen LogP contribution in [0.2, 0.25) is 0 Å². The minimum atomic E-state index is 0.0317. The zero-order valence-electron chi connectivity index (χ0n) is 12.2. The van der Waals surface area contributed by atoms with Crippen molar-refractivity contribution in [2.24, 2.45) is 0 Å². The third kappa shape index (κ3) is 3.19. The molecule has 0 N–H and O–H groups in total. The molecule has 0 fully saturated rings. The number of ether oxygens (including phenoxy) is 1. The van der Waals surface area contributed by atoms with Gasteiger partial charge >= 0.3 is 0 Å². The van der Waals surface area contributed by atoms with Gasteiger partial charge in [-0.3, -0.25) is 4.79 Å². The van der Waals surface area contributed by atoms with Gasteiger partial charge < -0.3 is 18.6 Å². The first kappa shape index (κ1) is 13.9. The molecule has 112 valence electrons. The molecule has 2 aromatic heterocycles. The quantitative estimate of drug-likeness (QED) is 0.865. The molecule has 0 saturated carbocycles. The molecular formula is C16H20N2O3. The van der Waals surface area contributed by atoms with E-state index < -0.39 is 0 Å². The predicted octanol–water partition coefficient (Wildman–Crippen LogP) is 2.07. The van der Waals surface area contributed by atoms with Crippen LogP contribution in [0.4, 0.5) is 0 Å². The highest BCUT2D eigenvalue weighted by molar-refractivity contribution is 5.78. The van der Waals surface area contributed by atoms with Gasteiger partial charge in [-0.05, 0) is 31.2 Å². The van der Waals surface area contributed by atoms with Gasteiger partial charge in [0.15, 0.2) is 0 Å². The maximum atomic E-state index is 12.5. The van der Waals surface area contributed by atoms with Crippen LogP contribution in [-0.4, -0.2) is 34.6 Å². The van der Waals surface area contributed by atoms with Gasteiger partial charge in [0.25, 0.3) is 0 Å². The van der Waals surface area contributed by atoms with Gasteiger partial charge in [0.2, 0.25) is 5.91 Å². The molecule has 5 nitrogen and oxygen atoms in total. The van der Waals surface area contributed by atoms with Crippen LogP contribution in [0.3, 0.4) is 0 Å². The van der Waals surface area contributed by atoms with Crippen LogP contribution in [0.1, 0.15) is 18.4 Å². The molecule has 1 aliphatic heterocycles. The lowest BCUT2D eigenvalue weighted by Crippen LogP contribution is -2.38. The lowest BCUT2D eigenvalue weighted by molar-refractivity contribution is -0.133. The molecule has 1 atom stereocenters. The molecule has 1 amide bonds. The van der Waals surface area contributed by atoms with Gasteiger partial charge in [0.05, 0.1) is 31.9 Å². The topological polar surface area (TPSA) is 47.6 Å². The summed E-state index contributed by atoms with van der Waals surface area (Å²) in [5.74, 6) is 0.775. The highest BCUT2D eigenvalue weighted by atomic mass is 16.5. The van der Waals surface area contributed by atoms with Crippen molar-refractivity contribution in [1.82, 2.24) is 9.47 Å². The van der Waals surface area contributed by atoms with E-state index in [-0.39, 0.29) is 12.0 Å². The van der Waals surface area contributed by atoms with Crippen LogP contribution < -0.4 is 0 Å². The lowest BCUT2D eigenvalue weighted by atomic mass is 10.2. The Bertz CT molecular complexity index is 588. The predicted molar refractivity (Wildman–Crippen MR) is 77.7 cm³/mol. The monoisotopic (exact) mass is 288 g/mol. The van der Waals surface area contributed by atoms with Gasteiger partial charge in [0.1, 0.15) is 5.76 Å². The van der Waals surface area contributed by atoms with Crippen LogP contribution in [0.15, 0.2) is 41.1 Å². The maximum Gasteiger partial charge on any atom is 0.230 e. The van der Waals surface area contributed by atoms with Crippen molar-refractivity contribution in [1.29, 1.82) is 0 Å². The molecule has 0 radical (unpaired) electrons. The highest BCUT2D eigenvalue weighted by Crippen LogP contribution is 2.16. The Labute approximate surface area is 124 Å². The lowest BCUT2D eigenvalue weighted by Gasteiger charge is -2.23. The third-order valence-electron chi connectivity index (χ3n) is 3.76. The number of rotatable bonds is 4. The van der Waals surface area contributed by atoms with Crippen molar-refractivity contribution in [2.45, 2.75) is 32.5 Å². The summed E-state index contributed by atoms with van der Waals surface area (Å²) in [5, 5.41) is 0. The summed E-state index contributed by atoms with van der Waals surface area (Å²) >= 11 is 0. The van der Waals surface area contributed by atoms with E-state index in [0.717, 1.165) is 12.2 Å². The van der Waals surface area contributed by atoms with Gasteiger partial charge in [-0.2, -0.15) is 0 Å². The van der Waals surface area contributed by atoms with Crippen LogP contribution in [-0.2, 0) is 29.0 Å². The molecule has 1 aliphatic rings. The van der Waals surface area contributed by atoms with E-state index in [0.29, 0.717) is 31.9 Å². The fourth-order valence-corrected chi connectivity index (χ4v) is 2.76. The number of carbonyl (C=O) groups excluding carboxylic acids is 1. The Kier molecular flexibility index (Phi) is 4.10. The minimum absolute atomic E-state index is 0.0317. The molecule has 3 heterocycles. The Balaban J connectivity index is 1.75. The van der Waals surface area contributed by atoms with E-state index >= 15 is 0 Å². The van der Waals surface area contributed by atoms with Crippen molar-refractivity contribution in [3.8, 4) is 0 Å². The number of hydrogen-bond acceptors (Lipinski definition) is 3. The fraction of sp³-hybridized carbons (Fsp3) is 0.438. The summed E-state index contributed by atoms with van der Waals surface area (Å²) in [6.45, 7) is 4.67. The van der Waals surface area contributed by atoms with Crippen molar-refractivity contribution < 1.29 is 13.9 Å². The maximum absolute atomic E-state index is 12.5. The number of furan rings is 1. The fourth-order valence-electron chi connectivity index (χ4n) is 2.76. The number of carbonyl (C=O) groups is 1. The van der Waals surface area contributed by atoms with Crippen molar-refractivity contribution >= 4 is 5.91 Å². The Morgan fingerprint density at radius 3 is 3.05 bits per heavy atom. The molecule has 0 saturated heterocycles. The van der Waals surface area contributed by atoms with Crippen LogP contribution in [0.25, 0.3) is 0 Å². The smallest absolute Gasteiger partial charge is 0.230 e. The molecule has 0 aliphatic carbocycles. The number of amides is 1. The van der Waals surface area contributed by atoms with E-state index in [1.54, 1.807) is 12.3 Å². The summed E-state index contributed by atoms with van der Waals surface area (Å²) in [6, 6.07) is 7.71. The van der Waals surface area contributed by atoms with Crippen molar-refractivity contribution in [3.63, 3.8) is 0 Å². The molecule has 0 aromatic carbocycles. The Morgan fingerprint density at radius 1 is 1.38 bits per heavy atom. The Hall–Kier alpha value is -2.01. The van der Waals surface area contributed by atoms with Crippen LogP contribution in [0, 0.1) is 0 Å². The van der Waals surface area contributed by atoms with Gasteiger partial charge in [-0.1, -0.05) is 0 Å². The van der Waals surface area contributed by atoms with E-state index in [1.165, 1.54) is 0 Å². The zero-order chi connectivity index (χ0) is 14.7. The minimum Gasteiger partial charge on any atom is -0.469 e. The first-order valence-electron chi connectivity index (χ1n) is 7.32. The molecule has 2 aromatic rings. The van der Waals surface area contributed by atoms with Crippen LogP contribution in [0.5, 0.6) is 0 Å². The average Bonchev–Trinajstić information content (AvgIpc) is 3.08. The summed E-state index contributed by atoms with van der Waals surface area (Å²) in [4.78, 5) is 14.4. The molecule has 21 heavy (non-hydrogen) atoms. The molecule has 0 bridgehead atoms. The number of fused-ring (bicyclic) bond motifs is 1. The van der Waals surface area contributed by atoms with Gasteiger partial charge in [0, 0.05) is 25.0 Å². The van der Waals surface area contributed by atoms with E-state index in [4.69, 9.17) is 9.15 Å². The summed E-state index contributed by atoms with van der Waals surface area (Å²) < 4.78 is 13.2. The Morgan fingerprint density at radius 2 is 2.29 bits per heavy atom. The normalized spacial score (nSPS) is 18.3. The first-order chi connectivity index (χ1) is 10.3.